The summed E-state index contributed by atoms with van der Waals surface area (Å²) in [5.41, 5.74) is -1.08. The van der Waals surface area contributed by atoms with Gasteiger partial charge in [0.05, 0.1) is 33.4 Å². The number of phosphoric ester groups is 1. The van der Waals surface area contributed by atoms with Crippen molar-refractivity contribution in [3.63, 3.8) is 0 Å². The lowest BCUT2D eigenvalue weighted by molar-refractivity contribution is -0.0268. The number of fused-ring (bicyclic) bond motifs is 1. The third kappa shape index (κ3) is 6.15. The zero-order valence-corrected chi connectivity index (χ0v) is 17.9. The fourth-order valence-electron chi connectivity index (χ4n) is 2.93. The van der Waals surface area contributed by atoms with Crippen LogP contribution in [0.25, 0.3) is 0 Å². The van der Waals surface area contributed by atoms with Crippen LogP contribution in [0.5, 0.6) is 5.75 Å². The van der Waals surface area contributed by atoms with E-state index in [1.54, 1.807) is 18.2 Å². The van der Waals surface area contributed by atoms with Crippen LogP contribution in [0, 0.1) is 5.82 Å². The van der Waals surface area contributed by atoms with Crippen molar-refractivity contribution in [2.75, 3.05) is 13.7 Å². The molecule has 3 unspecified atom stereocenters. The van der Waals surface area contributed by atoms with E-state index in [1.807, 2.05) is 11.1 Å². The zero-order chi connectivity index (χ0) is 23.0. The molecule has 1 fully saturated rings. The van der Waals surface area contributed by atoms with Crippen molar-refractivity contribution in [3.05, 3.63) is 62.7 Å². The summed E-state index contributed by atoms with van der Waals surface area (Å²) < 4.78 is 48.5. The molecule has 2 aliphatic heterocycles. The molecule has 4 rings (SSSR count). The van der Waals surface area contributed by atoms with Crippen molar-refractivity contribution in [1.29, 1.82) is 0 Å². The van der Waals surface area contributed by atoms with Crippen LogP contribution in [0.15, 0.2) is 40.1 Å². The van der Waals surface area contributed by atoms with Crippen molar-refractivity contribution in [2.45, 2.75) is 38.6 Å². The second-order valence-electron chi connectivity index (χ2n) is 6.15. The first-order valence-corrected chi connectivity index (χ1v) is 10.7. The van der Waals surface area contributed by atoms with Gasteiger partial charge in [0.1, 0.15) is 12.0 Å². The molecule has 0 amide bonds. The number of aliphatic hydroxyl groups is 1. The van der Waals surface area contributed by atoms with E-state index in [9.17, 15) is 18.5 Å². The highest BCUT2D eigenvalue weighted by Crippen LogP contribution is 2.54. The minimum absolute atomic E-state index is 0.0868. The van der Waals surface area contributed by atoms with Crippen LogP contribution in [-0.2, 0) is 25.0 Å². The molecule has 13 heteroatoms. The first-order chi connectivity index (χ1) is 14.9. The molecule has 3 heterocycles. The molecule has 3 atom stereocenters. The normalized spacial score (nSPS) is 24.0. The van der Waals surface area contributed by atoms with Crippen LogP contribution in [0.2, 0.25) is 6.82 Å². The van der Waals surface area contributed by atoms with Crippen LogP contribution >= 0.6 is 7.82 Å². The molecule has 2 aliphatic rings. The third-order valence-corrected chi connectivity index (χ3v) is 5.63. The second kappa shape index (κ2) is 11.4. The molecule has 1 aromatic heterocycles. The molecule has 2 N–H and O–H groups in total. The summed E-state index contributed by atoms with van der Waals surface area (Å²) in [5.74, 6) is -0.641. The van der Waals surface area contributed by atoms with Gasteiger partial charge in [-0.2, -0.15) is 4.39 Å². The molecule has 31 heavy (non-hydrogen) atoms. The van der Waals surface area contributed by atoms with E-state index in [4.69, 9.17) is 23.4 Å². The van der Waals surface area contributed by atoms with Crippen LogP contribution in [0.3, 0.4) is 0 Å². The number of nitrogens with zero attached hydrogens (tertiary/aromatic N) is 1. The summed E-state index contributed by atoms with van der Waals surface area (Å²) in [5, 5.41) is 7.00. The monoisotopic (exact) mass is 456 g/mol. The number of nitrogens with one attached hydrogen (secondary N) is 1. The van der Waals surface area contributed by atoms with E-state index >= 15 is 0 Å². The Bertz CT molecular complexity index is 1030. The van der Waals surface area contributed by atoms with Crippen LogP contribution in [-0.4, -0.2) is 42.3 Å². The van der Waals surface area contributed by atoms with E-state index in [2.05, 4.69) is 7.85 Å². The van der Waals surface area contributed by atoms with Gasteiger partial charge in [-0.25, -0.2) is 9.36 Å². The molecule has 0 saturated carbocycles. The molecule has 0 bridgehead atoms. The number of phosphoric acid groups is 1. The third-order valence-electron chi connectivity index (χ3n) is 4.30. The van der Waals surface area contributed by atoms with Gasteiger partial charge >= 0.3 is 13.5 Å². The number of hydrogen-bond donors (Lipinski definition) is 2. The summed E-state index contributed by atoms with van der Waals surface area (Å²) in [4.78, 5) is 24.8. The minimum atomic E-state index is -3.77. The molecular weight excluding hydrogens is 433 g/mol. The second-order valence-corrected chi connectivity index (χ2v) is 7.74. The lowest BCUT2D eigenvalue weighted by atomic mass is 10.2. The van der Waals surface area contributed by atoms with Gasteiger partial charge in [-0.15, -0.1) is 0 Å². The van der Waals surface area contributed by atoms with Crippen molar-refractivity contribution in [3.8, 4) is 5.75 Å². The molecule has 2 radical (unpaired) electrons. The van der Waals surface area contributed by atoms with E-state index in [-0.39, 0.29) is 13.2 Å². The minimum Gasteiger partial charge on any atom is -0.404 e. The predicted octanol–water partition coefficient (Wildman–Crippen LogP) is 1.90. The van der Waals surface area contributed by atoms with Crippen molar-refractivity contribution in [1.82, 2.24) is 9.55 Å². The maximum Gasteiger partial charge on any atom is 0.530 e. The summed E-state index contributed by atoms with van der Waals surface area (Å²) in [7, 11) is 1.73. The maximum atomic E-state index is 13.4. The highest BCUT2D eigenvalue weighted by molar-refractivity contribution is 7.49. The van der Waals surface area contributed by atoms with E-state index in [0.717, 1.165) is 23.4 Å². The Hall–Kier alpha value is -2.24. The van der Waals surface area contributed by atoms with Crippen LogP contribution in [0.4, 0.5) is 4.39 Å². The number of ether oxygens (including phenoxy) is 1. The van der Waals surface area contributed by atoms with Crippen molar-refractivity contribution in [2.24, 2.45) is 0 Å². The first kappa shape index (κ1) is 25.0. The van der Waals surface area contributed by atoms with Gasteiger partial charge in [0.25, 0.3) is 5.56 Å². The average molecular weight is 456 g/mol. The Kier molecular flexibility index (Phi) is 9.21. The molecule has 0 spiro atoms. The number of hydrogen-bond acceptors (Lipinski definition) is 8. The summed E-state index contributed by atoms with van der Waals surface area (Å²) in [6, 6.07) is 7.04. The number of aromatic nitrogens is 2. The summed E-state index contributed by atoms with van der Waals surface area (Å²) in [6.07, 6.45) is 0.434. The van der Waals surface area contributed by atoms with E-state index < -0.39 is 37.2 Å². The Morgan fingerprint density at radius 1 is 1.29 bits per heavy atom. The molecule has 10 nitrogen and oxygen atoms in total. The number of aromatic amines is 1. The van der Waals surface area contributed by atoms with E-state index in [1.165, 1.54) is 6.82 Å². The number of benzene rings is 1. The lowest BCUT2D eigenvalue weighted by Crippen LogP contribution is -2.34. The van der Waals surface area contributed by atoms with Gasteiger partial charge in [0.2, 0.25) is 5.82 Å². The van der Waals surface area contributed by atoms with Gasteiger partial charge in [-0.05, 0) is 18.9 Å². The lowest BCUT2D eigenvalue weighted by Gasteiger charge is -2.25. The fraction of sp³-hybridized carbons (Fsp3) is 0.444. The average Bonchev–Trinajstić information content (AvgIpc) is 3.26. The standard InChI is InChI=1S/C16H16FN2O7P.CH3B.CH4O/c17-12-7-19(16(21)18-15(12)20)14-6-5-11(25-14)9-24-27(22)23-8-10-3-1-2-4-13(10)26-27;2*1-2/h1-4,7,11,14H,5-6,8-9H2,(H,18,20,21);1H3;2H,1H3. The van der Waals surface area contributed by atoms with Crippen LogP contribution in [0.1, 0.15) is 24.6 Å². The van der Waals surface area contributed by atoms with Gasteiger partial charge in [0, 0.05) is 12.7 Å². The largest absolute Gasteiger partial charge is 0.530 e. The number of halogens is 1. The molecule has 0 aliphatic carbocycles. The molecular formula is C18H23BFN2O8P. The van der Waals surface area contributed by atoms with Gasteiger partial charge in [-0.3, -0.25) is 23.4 Å². The number of aliphatic hydroxyl groups excluding tert-OH is 1. The number of rotatable bonds is 4. The Morgan fingerprint density at radius 2 is 2.00 bits per heavy atom. The van der Waals surface area contributed by atoms with Crippen LogP contribution < -0.4 is 15.8 Å². The smallest absolute Gasteiger partial charge is 0.404 e. The van der Waals surface area contributed by atoms with Gasteiger partial charge < -0.3 is 14.4 Å². The highest BCUT2D eigenvalue weighted by Gasteiger charge is 2.36. The Morgan fingerprint density at radius 3 is 2.74 bits per heavy atom. The quantitative estimate of drug-likeness (QED) is 0.528. The molecule has 1 aromatic carbocycles. The maximum absolute atomic E-state index is 13.4. The van der Waals surface area contributed by atoms with Crippen molar-refractivity contribution < 1.29 is 32.4 Å². The first-order valence-electron chi connectivity index (χ1n) is 9.29. The Labute approximate surface area is 178 Å². The summed E-state index contributed by atoms with van der Waals surface area (Å²) in [6.45, 7) is 1.52. The number of H-pyrrole nitrogens is 1. The fourth-order valence-corrected chi connectivity index (χ4v) is 4.18. The Balaban J connectivity index is 0.000000807. The zero-order valence-electron chi connectivity index (χ0n) is 17.0. The molecule has 168 valence electrons. The topological polar surface area (TPSA) is 129 Å². The highest BCUT2D eigenvalue weighted by atomic mass is 31.2. The number of para-hydroxylation sites is 1. The van der Waals surface area contributed by atoms with Gasteiger partial charge in [0.15, 0.2) is 0 Å². The molecule has 2 aromatic rings. The predicted molar refractivity (Wildman–Crippen MR) is 110 cm³/mol. The van der Waals surface area contributed by atoms with E-state index in [0.29, 0.717) is 18.6 Å². The van der Waals surface area contributed by atoms with Gasteiger partial charge in [-0.1, -0.05) is 25.0 Å². The summed E-state index contributed by atoms with van der Waals surface area (Å²) >= 11 is 0. The molecule has 1 saturated heterocycles. The van der Waals surface area contributed by atoms with Crippen molar-refractivity contribution >= 4 is 15.7 Å². The SMILES string of the molecule is CO.O=c1[nH]c(=O)n(C2CCC(COP3(=O)OCc4ccccc4O3)O2)cc1F.[B]C.